The van der Waals surface area contributed by atoms with Crippen LogP contribution in [0, 0.1) is 11.3 Å². The summed E-state index contributed by atoms with van der Waals surface area (Å²) in [5, 5.41) is 9.03. The van der Waals surface area contributed by atoms with Crippen LogP contribution in [0.1, 0.15) is 19.8 Å². The molecule has 5 nitrogen and oxygen atoms in total. The van der Waals surface area contributed by atoms with Crippen molar-refractivity contribution in [2.75, 3.05) is 46.8 Å². The molecule has 1 rings (SSSR count). The van der Waals surface area contributed by atoms with Gasteiger partial charge in [-0.2, -0.15) is 5.26 Å². The Labute approximate surface area is 110 Å². The minimum atomic E-state index is 0.0514. The van der Waals surface area contributed by atoms with Gasteiger partial charge in [0.25, 0.3) is 0 Å². The van der Waals surface area contributed by atoms with E-state index in [9.17, 15) is 4.79 Å². The van der Waals surface area contributed by atoms with E-state index in [1.54, 1.807) is 19.0 Å². The number of hydrogen-bond acceptors (Lipinski definition) is 4. The van der Waals surface area contributed by atoms with Gasteiger partial charge in [-0.25, -0.2) is 0 Å². The maximum atomic E-state index is 11.5. The fourth-order valence-electron chi connectivity index (χ4n) is 2.21. The molecule has 5 heteroatoms. The van der Waals surface area contributed by atoms with Gasteiger partial charge in [-0.05, 0) is 6.42 Å². The molecule has 1 atom stereocenters. The minimum Gasteiger partial charge on any atom is -0.349 e. The van der Waals surface area contributed by atoms with Gasteiger partial charge in [0.2, 0.25) is 5.91 Å². The van der Waals surface area contributed by atoms with Crippen LogP contribution in [0.4, 0.5) is 0 Å². The van der Waals surface area contributed by atoms with Crippen molar-refractivity contribution in [2.24, 2.45) is 0 Å². The molecule has 0 bridgehead atoms. The average Bonchev–Trinajstić information content (AvgIpc) is 2.38. The molecule has 0 radical (unpaired) electrons. The van der Waals surface area contributed by atoms with Crippen LogP contribution in [0.3, 0.4) is 0 Å². The van der Waals surface area contributed by atoms with Crippen molar-refractivity contribution in [1.82, 2.24) is 14.7 Å². The second-order valence-corrected chi connectivity index (χ2v) is 4.97. The van der Waals surface area contributed by atoms with Gasteiger partial charge in [-0.1, -0.05) is 6.92 Å². The number of carbonyl (C=O) groups excluding carboxylic acids is 1. The van der Waals surface area contributed by atoms with Crippen LogP contribution >= 0.6 is 0 Å². The van der Waals surface area contributed by atoms with Crippen LogP contribution in [-0.4, -0.2) is 73.5 Å². The van der Waals surface area contributed by atoms with Crippen molar-refractivity contribution < 1.29 is 4.79 Å². The molecular formula is C13H24N4O. The molecule has 0 saturated carbocycles. The van der Waals surface area contributed by atoms with Crippen molar-refractivity contribution in [2.45, 2.75) is 25.8 Å². The van der Waals surface area contributed by atoms with Crippen LogP contribution in [0.2, 0.25) is 0 Å². The topological polar surface area (TPSA) is 50.6 Å². The van der Waals surface area contributed by atoms with Crippen molar-refractivity contribution in [1.29, 1.82) is 5.26 Å². The molecule has 1 amide bonds. The van der Waals surface area contributed by atoms with E-state index in [0.717, 1.165) is 39.1 Å². The fraction of sp³-hybridized carbons (Fsp3) is 0.846. The molecule has 18 heavy (non-hydrogen) atoms. The lowest BCUT2D eigenvalue weighted by molar-refractivity contribution is -0.129. The Kier molecular flexibility index (Phi) is 6.10. The molecular weight excluding hydrogens is 228 g/mol. The molecule has 0 spiro atoms. The van der Waals surface area contributed by atoms with E-state index in [1.165, 1.54) is 0 Å². The van der Waals surface area contributed by atoms with Crippen molar-refractivity contribution in [3.05, 3.63) is 0 Å². The molecule has 0 aromatic heterocycles. The number of nitrogens with zero attached hydrogens (tertiary/aromatic N) is 4. The Morgan fingerprint density at radius 1 is 1.33 bits per heavy atom. The van der Waals surface area contributed by atoms with Crippen LogP contribution < -0.4 is 0 Å². The summed E-state index contributed by atoms with van der Waals surface area (Å²) in [6.45, 7) is 6.66. The molecule has 102 valence electrons. The molecule has 0 N–H and O–H groups in total. The molecule has 0 aromatic carbocycles. The summed E-state index contributed by atoms with van der Waals surface area (Å²) in [5.41, 5.74) is 0. The summed E-state index contributed by atoms with van der Waals surface area (Å²) in [4.78, 5) is 17.7. The van der Waals surface area contributed by atoms with Gasteiger partial charge in [0.15, 0.2) is 0 Å². The first-order chi connectivity index (χ1) is 8.58. The first-order valence-corrected chi connectivity index (χ1v) is 6.64. The molecule has 1 unspecified atom stereocenters. The zero-order valence-electron chi connectivity index (χ0n) is 11.7. The lowest BCUT2D eigenvalue weighted by Gasteiger charge is -2.36. The maximum Gasteiger partial charge on any atom is 0.223 e. The zero-order chi connectivity index (χ0) is 13.5. The van der Waals surface area contributed by atoms with Gasteiger partial charge in [-0.15, -0.1) is 0 Å². The van der Waals surface area contributed by atoms with Crippen molar-refractivity contribution in [3.63, 3.8) is 0 Å². The van der Waals surface area contributed by atoms with Crippen LogP contribution in [0.5, 0.6) is 0 Å². The Hall–Kier alpha value is -1.12. The Bertz CT molecular complexity index is 303. The van der Waals surface area contributed by atoms with E-state index in [2.05, 4.69) is 22.8 Å². The maximum absolute atomic E-state index is 11.5. The van der Waals surface area contributed by atoms with Crippen LogP contribution in [0.15, 0.2) is 0 Å². The lowest BCUT2D eigenvalue weighted by atomic mass is 10.2. The van der Waals surface area contributed by atoms with Crippen molar-refractivity contribution >= 4 is 5.91 Å². The van der Waals surface area contributed by atoms with E-state index in [4.69, 9.17) is 5.26 Å². The molecule has 1 aliphatic heterocycles. The van der Waals surface area contributed by atoms with Crippen LogP contribution in [0.25, 0.3) is 0 Å². The van der Waals surface area contributed by atoms with E-state index in [-0.39, 0.29) is 11.9 Å². The number of amides is 1. The van der Waals surface area contributed by atoms with Gasteiger partial charge in [0, 0.05) is 53.2 Å². The normalized spacial score (nSPS) is 19.2. The second-order valence-electron chi connectivity index (χ2n) is 4.97. The molecule has 1 fully saturated rings. The average molecular weight is 252 g/mol. The third-order valence-electron chi connectivity index (χ3n) is 3.52. The summed E-state index contributed by atoms with van der Waals surface area (Å²) in [6.07, 6.45) is 1.47. The molecule has 1 heterocycles. The summed E-state index contributed by atoms with van der Waals surface area (Å²) in [6, 6.07) is 2.40. The number of nitriles is 1. The fourth-order valence-corrected chi connectivity index (χ4v) is 2.21. The highest BCUT2D eigenvalue weighted by atomic mass is 16.2. The predicted molar refractivity (Wildman–Crippen MR) is 71.0 cm³/mol. The van der Waals surface area contributed by atoms with Gasteiger partial charge in [0.05, 0.1) is 12.1 Å². The standard InChI is InChI=1S/C13H24N4O/c1-4-12(11-14)17-9-7-16(8-10-17)6-5-13(18)15(2)3/h12H,4-10H2,1-3H3. The van der Waals surface area contributed by atoms with E-state index in [0.29, 0.717) is 6.42 Å². The summed E-state index contributed by atoms with van der Waals surface area (Å²) in [5.74, 6) is 0.181. The number of rotatable bonds is 5. The third kappa shape index (κ3) is 4.28. The predicted octanol–water partition coefficient (Wildman–Crippen LogP) is 0.384. The van der Waals surface area contributed by atoms with Gasteiger partial charge in [-0.3, -0.25) is 9.69 Å². The number of piperazine rings is 1. The Balaban J connectivity index is 2.28. The van der Waals surface area contributed by atoms with Crippen molar-refractivity contribution in [3.8, 4) is 6.07 Å². The highest BCUT2D eigenvalue weighted by Crippen LogP contribution is 2.09. The molecule has 0 aliphatic carbocycles. The monoisotopic (exact) mass is 252 g/mol. The first-order valence-electron chi connectivity index (χ1n) is 6.64. The smallest absolute Gasteiger partial charge is 0.223 e. The van der Waals surface area contributed by atoms with Gasteiger partial charge in [0.1, 0.15) is 0 Å². The minimum absolute atomic E-state index is 0.0514. The second kappa shape index (κ2) is 7.34. The highest BCUT2D eigenvalue weighted by molar-refractivity contribution is 5.75. The number of hydrogen-bond donors (Lipinski definition) is 0. The SMILES string of the molecule is CCC(C#N)N1CCN(CCC(=O)N(C)C)CC1. The molecule has 0 aromatic rings. The van der Waals surface area contributed by atoms with Gasteiger partial charge < -0.3 is 9.80 Å². The first kappa shape index (κ1) is 14.9. The molecule has 1 aliphatic rings. The lowest BCUT2D eigenvalue weighted by Crippen LogP contribution is -2.50. The summed E-state index contributed by atoms with van der Waals surface area (Å²) < 4.78 is 0. The Morgan fingerprint density at radius 3 is 2.39 bits per heavy atom. The number of carbonyl (C=O) groups is 1. The Morgan fingerprint density at radius 2 is 1.94 bits per heavy atom. The molecule has 1 saturated heterocycles. The van der Waals surface area contributed by atoms with Crippen LogP contribution in [-0.2, 0) is 4.79 Å². The highest BCUT2D eigenvalue weighted by Gasteiger charge is 2.22. The zero-order valence-corrected chi connectivity index (χ0v) is 11.7. The quantitative estimate of drug-likeness (QED) is 0.710. The van der Waals surface area contributed by atoms with Gasteiger partial charge >= 0.3 is 0 Å². The van der Waals surface area contributed by atoms with E-state index in [1.807, 2.05) is 0 Å². The third-order valence-corrected chi connectivity index (χ3v) is 3.52. The summed E-state index contributed by atoms with van der Waals surface area (Å²) in [7, 11) is 3.58. The van der Waals surface area contributed by atoms with E-state index < -0.39 is 0 Å². The van der Waals surface area contributed by atoms with E-state index >= 15 is 0 Å². The summed E-state index contributed by atoms with van der Waals surface area (Å²) >= 11 is 0. The largest absolute Gasteiger partial charge is 0.349 e.